The van der Waals surface area contributed by atoms with Crippen molar-refractivity contribution in [2.24, 2.45) is 0 Å². The van der Waals surface area contributed by atoms with Crippen LogP contribution in [0.3, 0.4) is 0 Å². The molecule has 7 nitrogen and oxygen atoms in total. The van der Waals surface area contributed by atoms with Gasteiger partial charge in [-0.3, -0.25) is 9.59 Å². The Morgan fingerprint density at radius 1 is 1.18 bits per heavy atom. The number of carboxylic acids is 1. The lowest BCUT2D eigenvalue weighted by atomic mass is 10.4. The van der Waals surface area contributed by atoms with Gasteiger partial charge in [0.15, 0.2) is 0 Å². The first kappa shape index (κ1) is 18.1. The summed E-state index contributed by atoms with van der Waals surface area (Å²) < 4.78 is 38.1. The van der Waals surface area contributed by atoms with Crippen molar-refractivity contribution in [1.29, 1.82) is 0 Å². The predicted octanol–water partition coefficient (Wildman–Crippen LogP) is 0.379. The highest BCUT2D eigenvalue weighted by atomic mass is 32.2. The molecule has 1 rings (SSSR count). The Balaban J connectivity index is 2.74. The fourth-order valence-electron chi connectivity index (χ4n) is 1.57. The first-order valence-corrected chi connectivity index (χ1v) is 7.76. The molecule has 1 N–H and O–H groups in total. The van der Waals surface area contributed by atoms with Gasteiger partial charge in [0, 0.05) is 20.6 Å². The second-order valence-corrected chi connectivity index (χ2v) is 6.72. The third kappa shape index (κ3) is 4.78. The van der Waals surface area contributed by atoms with Gasteiger partial charge in [-0.1, -0.05) is 0 Å². The molecule has 9 heteroatoms. The van der Waals surface area contributed by atoms with Crippen LogP contribution in [0.5, 0.6) is 0 Å². The average Bonchev–Trinajstić information content (AvgIpc) is 2.44. The molecule has 0 atom stereocenters. The third-order valence-electron chi connectivity index (χ3n) is 2.97. The number of sulfonamides is 1. The first-order valence-electron chi connectivity index (χ1n) is 6.32. The van der Waals surface area contributed by atoms with Crippen molar-refractivity contribution in [2.75, 3.05) is 27.2 Å². The minimum absolute atomic E-state index is 0.0153. The molecule has 0 radical (unpaired) electrons. The standard InChI is InChI=1S/C13H17FN2O5S/c1-15(8-7-13(18)19)12(17)9-16(2)22(20,21)11-5-3-10(14)4-6-11/h3-6H,7-9H2,1-2H3,(H,18,19). The van der Waals surface area contributed by atoms with Crippen molar-refractivity contribution >= 4 is 21.9 Å². The molecule has 122 valence electrons. The van der Waals surface area contributed by atoms with Crippen molar-refractivity contribution in [3.63, 3.8) is 0 Å². The Morgan fingerprint density at radius 3 is 2.23 bits per heavy atom. The largest absolute Gasteiger partial charge is 0.481 e. The van der Waals surface area contributed by atoms with Gasteiger partial charge in [-0.15, -0.1) is 0 Å². The van der Waals surface area contributed by atoms with Crippen LogP contribution in [0.1, 0.15) is 6.42 Å². The van der Waals surface area contributed by atoms with Gasteiger partial charge in [0.25, 0.3) is 0 Å². The van der Waals surface area contributed by atoms with E-state index in [1.807, 2.05) is 0 Å². The highest BCUT2D eigenvalue weighted by Gasteiger charge is 2.24. The number of carbonyl (C=O) groups excluding carboxylic acids is 1. The Labute approximate surface area is 128 Å². The van der Waals surface area contributed by atoms with E-state index in [-0.39, 0.29) is 17.9 Å². The van der Waals surface area contributed by atoms with Gasteiger partial charge >= 0.3 is 5.97 Å². The van der Waals surface area contributed by atoms with Crippen molar-refractivity contribution in [3.05, 3.63) is 30.1 Å². The number of benzene rings is 1. The van der Waals surface area contributed by atoms with Gasteiger partial charge < -0.3 is 10.0 Å². The van der Waals surface area contributed by atoms with Crippen LogP contribution < -0.4 is 0 Å². The van der Waals surface area contributed by atoms with Crippen molar-refractivity contribution in [3.8, 4) is 0 Å². The minimum Gasteiger partial charge on any atom is -0.481 e. The molecule has 0 aliphatic heterocycles. The molecule has 1 amide bonds. The molecular formula is C13H17FN2O5S. The molecule has 0 aliphatic rings. The van der Waals surface area contributed by atoms with Crippen LogP contribution in [0.4, 0.5) is 4.39 Å². The summed E-state index contributed by atoms with van der Waals surface area (Å²) in [5.41, 5.74) is 0. The maximum atomic E-state index is 12.8. The fraction of sp³-hybridized carbons (Fsp3) is 0.385. The smallest absolute Gasteiger partial charge is 0.305 e. The summed E-state index contributed by atoms with van der Waals surface area (Å²) in [6, 6.07) is 4.25. The Morgan fingerprint density at radius 2 is 1.73 bits per heavy atom. The number of carbonyl (C=O) groups is 2. The molecule has 0 aliphatic carbocycles. The normalized spacial score (nSPS) is 11.5. The molecule has 1 aromatic rings. The molecule has 0 spiro atoms. The molecule has 1 aromatic carbocycles. The second-order valence-electron chi connectivity index (χ2n) is 4.67. The maximum Gasteiger partial charge on any atom is 0.305 e. The summed E-state index contributed by atoms with van der Waals surface area (Å²) in [5.74, 6) is -2.15. The Hall–Kier alpha value is -2.00. The minimum atomic E-state index is -3.91. The van der Waals surface area contributed by atoms with E-state index < -0.39 is 34.3 Å². The monoisotopic (exact) mass is 332 g/mol. The summed E-state index contributed by atoms with van der Waals surface area (Å²) in [4.78, 5) is 23.3. The van der Waals surface area contributed by atoms with E-state index in [4.69, 9.17) is 5.11 Å². The molecule has 0 fully saturated rings. The van der Waals surface area contributed by atoms with Crippen LogP contribution in [0, 0.1) is 5.82 Å². The number of likely N-dealkylation sites (N-methyl/N-ethyl adjacent to an activating group) is 2. The van der Waals surface area contributed by atoms with E-state index >= 15 is 0 Å². The van der Waals surface area contributed by atoms with Gasteiger partial charge in [-0.2, -0.15) is 4.31 Å². The lowest BCUT2D eigenvalue weighted by Gasteiger charge is -2.21. The van der Waals surface area contributed by atoms with Gasteiger partial charge in [-0.25, -0.2) is 12.8 Å². The number of hydrogen-bond acceptors (Lipinski definition) is 4. The number of halogens is 1. The van der Waals surface area contributed by atoms with Crippen LogP contribution in [-0.2, 0) is 19.6 Å². The van der Waals surface area contributed by atoms with E-state index in [1.54, 1.807) is 0 Å². The molecule has 0 unspecified atom stereocenters. The topological polar surface area (TPSA) is 95.0 Å². The molecule has 22 heavy (non-hydrogen) atoms. The van der Waals surface area contributed by atoms with Gasteiger partial charge in [-0.05, 0) is 24.3 Å². The fourth-order valence-corrected chi connectivity index (χ4v) is 2.69. The number of hydrogen-bond donors (Lipinski definition) is 1. The molecule has 0 heterocycles. The summed E-state index contributed by atoms with van der Waals surface area (Å²) in [6.07, 6.45) is -0.226. The summed E-state index contributed by atoms with van der Waals surface area (Å²) in [7, 11) is -1.30. The van der Waals surface area contributed by atoms with Crippen LogP contribution in [0.15, 0.2) is 29.2 Å². The van der Waals surface area contributed by atoms with Crippen LogP contribution in [0.2, 0.25) is 0 Å². The van der Waals surface area contributed by atoms with Gasteiger partial charge in [0.1, 0.15) is 5.82 Å². The number of aliphatic carboxylic acids is 1. The first-order chi connectivity index (χ1) is 10.1. The van der Waals surface area contributed by atoms with E-state index in [1.165, 1.54) is 14.1 Å². The van der Waals surface area contributed by atoms with Gasteiger partial charge in [0.2, 0.25) is 15.9 Å². The van der Waals surface area contributed by atoms with E-state index in [2.05, 4.69) is 0 Å². The SMILES string of the molecule is CN(CCC(=O)O)C(=O)CN(C)S(=O)(=O)c1ccc(F)cc1. The highest BCUT2D eigenvalue weighted by molar-refractivity contribution is 7.89. The summed E-state index contributed by atoms with van der Waals surface area (Å²) in [6.45, 7) is -0.450. The Bertz CT molecular complexity index is 645. The second kappa shape index (κ2) is 7.32. The highest BCUT2D eigenvalue weighted by Crippen LogP contribution is 2.14. The average molecular weight is 332 g/mol. The molecule has 0 saturated heterocycles. The van der Waals surface area contributed by atoms with Crippen LogP contribution in [0.25, 0.3) is 0 Å². The number of nitrogens with zero attached hydrogens (tertiary/aromatic N) is 2. The molecule has 0 aromatic heterocycles. The van der Waals surface area contributed by atoms with E-state index in [0.717, 1.165) is 33.5 Å². The lowest BCUT2D eigenvalue weighted by molar-refractivity contribution is -0.138. The molecule has 0 saturated carbocycles. The maximum absolute atomic E-state index is 12.8. The molecular weight excluding hydrogens is 315 g/mol. The quantitative estimate of drug-likeness (QED) is 0.779. The number of carboxylic acid groups (broad SMARTS) is 1. The zero-order valence-electron chi connectivity index (χ0n) is 12.2. The van der Waals surface area contributed by atoms with Crippen LogP contribution >= 0.6 is 0 Å². The predicted molar refractivity (Wildman–Crippen MR) is 76.1 cm³/mol. The molecule has 0 bridgehead atoms. The number of rotatable bonds is 7. The summed E-state index contributed by atoms with van der Waals surface area (Å²) >= 11 is 0. The Kier molecular flexibility index (Phi) is 6.01. The third-order valence-corrected chi connectivity index (χ3v) is 4.78. The number of amides is 1. The zero-order chi connectivity index (χ0) is 16.9. The van der Waals surface area contributed by atoms with Crippen molar-refractivity contribution < 1.29 is 27.5 Å². The zero-order valence-corrected chi connectivity index (χ0v) is 13.0. The lowest BCUT2D eigenvalue weighted by Crippen LogP contribution is -2.40. The van der Waals surface area contributed by atoms with Gasteiger partial charge in [0.05, 0.1) is 17.9 Å². The van der Waals surface area contributed by atoms with Crippen molar-refractivity contribution in [1.82, 2.24) is 9.21 Å². The van der Waals surface area contributed by atoms with E-state index in [9.17, 15) is 22.4 Å². The van der Waals surface area contributed by atoms with Crippen molar-refractivity contribution in [2.45, 2.75) is 11.3 Å². The van der Waals surface area contributed by atoms with E-state index in [0.29, 0.717) is 0 Å². The van der Waals surface area contributed by atoms with Crippen LogP contribution in [-0.4, -0.2) is 61.8 Å². The summed E-state index contributed by atoms with van der Waals surface area (Å²) in [5, 5.41) is 8.55.